The number of aliphatic imine (C=N–C) groups is 1. The molecule has 0 saturated carbocycles. The number of hydrogen-bond donors (Lipinski definition) is 4. The van der Waals surface area contributed by atoms with Crippen LogP contribution in [0.4, 0.5) is 5.82 Å². The second-order valence-electron chi connectivity index (χ2n) is 7.00. The summed E-state index contributed by atoms with van der Waals surface area (Å²) in [6.45, 7) is 8.70. The zero-order chi connectivity index (χ0) is 20.4. The molecule has 2 aromatic rings. The molecule has 0 radical (unpaired) electrons. The second kappa shape index (κ2) is 10.8. The normalized spacial score (nSPS) is 12.4. The Labute approximate surface area is 167 Å². The van der Waals surface area contributed by atoms with Crippen LogP contribution < -0.4 is 16.0 Å². The first kappa shape index (κ1) is 21.9. The molecule has 0 amide bonds. The summed E-state index contributed by atoms with van der Waals surface area (Å²) in [5.41, 5.74) is 0.0725. The number of nitrogens with zero attached hydrogens (tertiary/aromatic N) is 5. The highest BCUT2D eigenvalue weighted by Crippen LogP contribution is 2.20. The van der Waals surface area contributed by atoms with E-state index in [1.807, 2.05) is 14.0 Å². The monoisotopic (exact) mass is 390 g/mol. The highest BCUT2D eigenvalue weighted by Gasteiger charge is 2.24. The van der Waals surface area contributed by atoms with Crippen molar-refractivity contribution >= 4 is 22.8 Å². The van der Waals surface area contributed by atoms with Crippen LogP contribution in [-0.2, 0) is 7.05 Å². The van der Waals surface area contributed by atoms with E-state index in [-0.39, 0.29) is 0 Å². The molecule has 0 aliphatic rings. The second-order valence-corrected chi connectivity index (χ2v) is 7.00. The van der Waals surface area contributed by atoms with Gasteiger partial charge in [-0.05, 0) is 19.8 Å². The Balaban J connectivity index is 1.90. The van der Waals surface area contributed by atoms with Crippen molar-refractivity contribution < 1.29 is 5.11 Å². The molecule has 0 unspecified atom stereocenters. The molecular weight excluding hydrogens is 356 g/mol. The van der Waals surface area contributed by atoms with E-state index in [4.69, 9.17) is 0 Å². The Bertz CT molecular complexity index is 751. The van der Waals surface area contributed by atoms with Crippen molar-refractivity contribution in [1.82, 2.24) is 30.4 Å². The minimum atomic E-state index is -0.725. The quantitative estimate of drug-likeness (QED) is 0.262. The van der Waals surface area contributed by atoms with Crippen LogP contribution in [0.2, 0.25) is 0 Å². The SMILES string of the molecule is CCCC(O)(CCC)CN=C(NCC)NCCNc1ncnc2c1cnn2C. The predicted octanol–water partition coefficient (Wildman–Crippen LogP) is 1.66. The molecule has 0 aliphatic heterocycles. The number of hydrogen-bond acceptors (Lipinski definition) is 6. The molecule has 4 N–H and O–H groups in total. The summed E-state index contributed by atoms with van der Waals surface area (Å²) in [5, 5.41) is 25.7. The topological polar surface area (TPSA) is 112 Å². The van der Waals surface area contributed by atoms with Crippen LogP contribution in [0.25, 0.3) is 11.0 Å². The molecule has 0 aromatic carbocycles. The van der Waals surface area contributed by atoms with E-state index in [1.54, 1.807) is 10.9 Å². The van der Waals surface area contributed by atoms with Gasteiger partial charge in [0.15, 0.2) is 11.6 Å². The van der Waals surface area contributed by atoms with Crippen LogP contribution in [0.3, 0.4) is 0 Å². The van der Waals surface area contributed by atoms with Crippen LogP contribution >= 0.6 is 0 Å². The summed E-state index contributed by atoms with van der Waals surface area (Å²) in [6.07, 6.45) is 6.72. The van der Waals surface area contributed by atoms with Crippen LogP contribution in [0.1, 0.15) is 46.5 Å². The first-order valence-corrected chi connectivity index (χ1v) is 10.1. The van der Waals surface area contributed by atoms with Gasteiger partial charge in [-0.25, -0.2) is 9.97 Å². The molecule has 0 spiro atoms. The maximum absolute atomic E-state index is 10.8. The van der Waals surface area contributed by atoms with Crippen LogP contribution in [0.15, 0.2) is 17.5 Å². The minimum Gasteiger partial charge on any atom is -0.388 e. The number of aromatic nitrogens is 4. The van der Waals surface area contributed by atoms with Crippen molar-refractivity contribution in [3.63, 3.8) is 0 Å². The fraction of sp³-hybridized carbons (Fsp3) is 0.684. The first-order chi connectivity index (χ1) is 13.5. The molecule has 0 saturated heterocycles. The zero-order valence-corrected chi connectivity index (χ0v) is 17.5. The summed E-state index contributed by atoms with van der Waals surface area (Å²) in [4.78, 5) is 13.1. The number of aliphatic hydroxyl groups is 1. The van der Waals surface area contributed by atoms with Crippen LogP contribution in [0, 0.1) is 0 Å². The van der Waals surface area contributed by atoms with Crippen LogP contribution in [0.5, 0.6) is 0 Å². The van der Waals surface area contributed by atoms with E-state index < -0.39 is 5.60 Å². The van der Waals surface area contributed by atoms with Crippen molar-refractivity contribution in [2.75, 3.05) is 31.5 Å². The fourth-order valence-corrected chi connectivity index (χ4v) is 3.25. The number of rotatable bonds is 11. The number of fused-ring (bicyclic) bond motifs is 1. The van der Waals surface area contributed by atoms with E-state index in [0.29, 0.717) is 25.6 Å². The number of aryl methyl sites for hydroxylation is 1. The van der Waals surface area contributed by atoms with E-state index in [2.05, 4.69) is 49.9 Å². The smallest absolute Gasteiger partial charge is 0.191 e. The summed E-state index contributed by atoms with van der Waals surface area (Å²) >= 11 is 0. The minimum absolute atomic E-state index is 0.402. The van der Waals surface area contributed by atoms with Gasteiger partial charge >= 0.3 is 0 Å². The summed E-state index contributed by atoms with van der Waals surface area (Å²) < 4.78 is 1.73. The maximum atomic E-state index is 10.8. The van der Waals surface area contributed by atoms with Gasteiger partial charge < -0.3 is 21.1 Å². The average molecular weight is 391 g/mol. The largest absolute Gasteiger partial charge is 0.388 e. The van der Waals surface area contributed by atoms with E-state index in [1.165, 1.54) is 6.33 Å². The molecule has 0 fully saturated rings. The van der Waals surface area contributed by atoms with Crippen molar-refractivity contribution in [1.29, 1.82) is 0 Å². The summed E-state index contributed by atoms with van der Waals surface area (Å²) in [7, 11) is 1.86. The van der Waals surface area contributed by atoms with Crippen molar-refractivity contribution in [2.24, 2.45) is 12.0 Å². The molecular formula is C19H34N8O. The molecule has 156 valence electrons. The molecule has 9 heteroatoms. The lowest BCUT2D eigenvalue weighted by Gasteiger charge is -2.26. The lowest BCUT2D eigenvalue weighted by Crippen LogP contribution is -2.41. The number of guanidine groups is 1. The standard InChI is InChI=1S/C19H34N8O/c1-5-8-19(28,9-6-2)13-23-18(20-7-3)22-11-10-21-16-15-12-26-27(4)17(15)25-14-24-16/h12,14,28H,5-11,13H2,1-4H3,(H2,20,22,23)(H,21,24,25). The molecule has 9 nitrogen and oxygen atoms in total. The van der Waals surface area contributed by atoms with E-state index in [0.717, 1.165) is 49.1 Å². The Morgan fingerprint density at radius 1 is 1.14 bits per heavy atom. The first-order valence-electron chi connectivity index (χ1n) is 10.1. The van der Waals surface area contributed by atoms with Crippen molar-refractivity contribution in [3.05, 3.63) is 12.5 Å². The zero-order valence-electron chi connectivity index (χ0n) is 17.5. The summed E-state index contributed by atoms with van der Waals surface area (Å²) in [6, 6.07) is 0. The fourth-order valence-electron chi connectivity index (χ4n) is 3.25. The molecule has 0 atom stereocenters. The molecule has 2 rings (SSSR count). The molecule has 2 aromatic heterocycles. The lowest BCUT2D eigenvalue weighted by molar-refractivity contribution is 0.0306. The van der Waals surface area contributed by atoms with Crippen molar-refractivity contribution in [3.8, 4) is 0 Å². The van der Waals surface area contributed by atoms with E-state index in [9.17, 15) is 5.11 Å². The van der Waals surface area contributed by atoms with E-state index >= 15 is 0 Å². The molecule has 2 heterocycles. The van der Waals surface area contributed by atoms with Crippen molar-refractivity contribution in [2.45, 2.75) is 52.1 Å². The van der Waals surface area contributed by atoms with Gasteiger partial charge in [-0.15, -0.1) is 0 Å². The molecule has 0 aliphatic carbocycles. The van der Waals surface area contributed by atoms with Crippen LogP contribution in [-0.4, -0.2) is 62.6 Å². The highest BCUT2D eigenvalue weighted by atomic mass is 16.3. The maximum Gasteiger partial charge on any atom is 0.191 e. The highest BCUT2D eigenvalue weighted by molar-refractivity contribution is 5.86. The van der Waals surface area contributed by atoms with Gasteiger partial charge in [-0.1, -0.05) is 26.7 Å². The molecule has 0 bridgehead atoms. The predicted molar refractivity (Wildman–Crippen MR) is 114 cm³/mol. The average Bonchev–Trinajstić information content (AvgIpc) is 3.05. The Morgan fingerprint density at radius 3 is 2.57 bits per heavy atom. The van der Waals surface area contributed by atoms with Gasteiger partial charge in [0.2, 0.25) is 0 Å². The summed E-state index contributed by atoms with van der Waals surface area (Å²) in [5.74, 6) is 1.48. The van der Waals surface area contributed by atoms with Gasteiger partial charge in [0.25, 0.3) is 0 Å². The Morgan fingerprint density at radius 2 is 1.89 bits per heavy atom. The van der Waals surface area contributed by atoms with Gasteiger partial charge in [0.05, 0.1) is 23.7 Å². The number of nitrogens with one attached hydrogen (secondary N) is 3. The third kappa shape index (κ3) is 6.05. The molecule has 28 heavy (non-hydrogen) atoms. The third-order valence-electron chi connectivity index (χ3n) is 4.55. The van der Waals surface area contributed by atoms with Gasteiger partial charge in [-0.3, -0.25) is 9.67 Å². The van der Waals surface area contributed by atoms with Gasteiger partial charge in [-0.2, -0.15) is 5.10 Å². The van der Waals surface area contributed by atoms with Gasteiger partial charge in [0.1, 0.15) is 12.1 Å². The Kier molecular flexibility index (Phi) is 8.43. The Hall–Kier alpha value is -2.42. The lowest BCUT2D eigenvalue weighted by atomic mass is 9.93. The number of anilines is 1. The van der Waals surface area contributed by atoms with Gasteiger partial charge in [0, 0.05) is 26.7 Å². The third-order valence-corrected chi connectivity index (χ3v) is 4.55.